The Balaban J connectivity index is 1.73. The number of carbonyl (C=O) groups excluding carboxylic acids is 2. The summed E-state index contributed by atoms with van der Waals surface area (Å²) in [7, 11) is 0. The predicted octanol–water partition coefficient (Wildman–Crippen LogP) is 4.01. The van der Waals surface area contributed by atoms with E-state index in [-0.39, 0.29) is 18.2 Å². The smallest absolute Gasteiger partial charge is 0.242 e. The first-order valence-electron chi connectivity index (χ1n) is 9.77. The fourth-order valence-corrected chi connectivity index (χ4v) is 3.21. The number of nitrogens with one attached hydrogen (secondary N) is 1. The highest BCUT2D eigenvalue weighted by atomic mass is 35.5. The van der Waals surface area contributed by atoms with Crippen LogP contribution < -0.4 is 5.32 Å². The average molecular weight is 422 g/mol. The number of benzene rings is 2. The first-order valence-corrected chi connectivity index (χ1v) is 10.1. The van der Waals surface area contributed by atoms with Crippen LogP contribution in [0.3, 0.4) is 0 Å². The quantitative estimate of drug-likeness (QED) is 0.597. The molecule has 0 aliphatic rings. The maximum absolute atomic E-state index is 13.1. The Morgan fingerprint density at radius 3 is 2.33 bits per heavy atom. The minimum Gasteiger partial charge on any atom is -0.350 e. The molecule has 1 atom stereocenters. The molecular weight excluding hydrogens is 398 g/mol. The van der Waals surface area contributed by atoms with Crippen molar-refractivity contribution in [2.75, 3.05) is 0 Å². The van der Waals surface area contributed by atoms with Gasteiger partial charge >= 0.3 is 0 Å². The van der Waals surface area contributed by atoms with Crippen molar-refractivity contribution in [3.8, 4) is 0 Å². The van der Waals surface area contributed by atoms with Crippen LogP contribution in [0.4, 0.5) is 0 Å². The van der Waals surface area contributed by atoms with Gasteiger partial charge in [0.15, 0.2) is 0 Å². The summed E-state index contributed by atoms with van der Waals surface area (Å²) >= 11 is 5.98. The largest absolute Gasteiger partial charge is 0.350 e. The van der Waals surface area contributed by atoms with Gasteiger partial charge in [-0.25, -0.2) is 0 Å². The molecule has 6 heteroatoms. The molecule has 0 spiro atoms. The van der Waals surface area contributed by atoms with Crippen molar-refractivity contribution in [3.63, 3.8) is 0 Å². The summed E-state index contributed by atoms with van der Waals surface area (Å²) in [6, 6.07) is 19.9. The van der Waals surface area contributed by atoms with E-state index in [2.05, 4.69) is 10.3 Å². The van der Waals surface area contributed by atoms with E-state index in [1.807, 2.05) is 54.6 Å². The van der Waals surface area contributed by atoms with Gasteiger partial charge in [0.2, 0.25) is 11.8 Å². The van der Waals surface area contributed by atoms with Gasteiger partial charge in [0, 0.05) is 30.5 Å². The zero-order valence-electron chi connectivity index (χ0n) is 16.8. The molecule has 0 unspecified atom stereocenters. The summed E-state index contributed by atoms with van der Waals surface area (Å²) in [4.78, 5) is 31.6. The summed E-state index contributed by atoms with van der Waals surface area (Å²) < 4.78 is 0. The summed E-state index contributed by atoms with van der Waals surface area (Å²) in [5, 5.41) is 3.53. The van der Waals surface area contributed by atoms with Gasteiger partial charge in [-0.15, -0.1) is 0 Å². The van der Waals surface area contributed by atoms with Crippen molar-refractivity contribution in [1.29, 1.82) is 0 Å². The highest BCUT2D eigenvalue weighted by molar-refractivity contribution is 6.30. The van der Waals surface area contributed by atoms with Crippen LogP contribution in [0, 0.1) is 0 Å². The SMILES string of the molecule is C[C@H](C(=O)NCc1cccnc1)N(Cc1ccc(Cl)cc1)C(=O)Cc1ccccc1. The van der Waals surface area contributed by atoms with Gasteiger partial charge in [0.25, 0.3) is 0 Å². The molecule has 2 aromatic carbocycles. The van der Waals surface area contributed by atoms with Gasteiger partial charge < -0.3 is 10.2 Å². The second-order valence-corrected chi connectivity index (χ2v) is 7.50. The van der Waals surface area contributed by atoms with Gasteiger partial charge in [-0.05, 0) is 41.8 Å². The third kappa shape index (κ3) is 6.16. The highest BCUT2D eigenvalue weighted by Crippen LogP contribution is 2.15. The van der Waals surface area contributed by atoms with E-state index < -0.39 is 6.04 Å². The molecular formula is C24H24ClN3O2. The number of carbonyl (C=O) groups is 2. The Morgan fingerprint density at radius 2 is 1.67 bits per heavy atom. The van der Waals surface area contributed by atoms with Crippen molar-refractivity contribution in [2.45, 2.75) is 32.5 Å². The number of rotatable bonds is 8. The Morgan fingerprint density at radius 1 is 0.967 bits per heavy atom. The molecule has 0 aliphatic carbocycles. The van der Waals surface area contributed by atoms with E-state index in [4.69, 9.17) is 11.6 Å². The van der Waals surface area contributed by atoms with E-state index in [1.54, 1.807) is 36.4 Å². The molecule has 0 radical (unpaired) electrons. The maximum Gasteiger partial charge on any atom is 0.242 e. The molecule has 154 valence electrons. The van der Waals surface area contributed by atoms with Crippen LogP contribution in [0.2, 0.25) is 5.02 Å². The van der Waals surface area contributed by atoms with Crippen molar-refractivity contribution in [3.05, 3.63) is 101 Å². The molecule has 30 heavy (non-hydrogen) atoms. The molecule has 0 fully saturated rings. The van der Waals surface area contributed by atoms with Gasteiger partial charge in [-0.1, -0.05) is 60.1 Å². The lowest BCUT2D eigenvalue weighted by Crippen LogP contribution is -2.48. The van der Waals surface area contributed by atoms with Crippen molar-refractivity contribution >= 4 is 23.4 Å². The van der Waals surface area contributed by atoms with Crippen molar-refractivity contribution in [2.24, 2.45) is 0 Å². The highest BCUT2D eigenvalue weighted by Gasteiger charge is 2.26. The normalized spacial score (nSPS) is 11.5. The topological polar surface area (TPSA) is 62.3 Å². The zero-order chi connectivity index (χ0) is 21.3. The monoisotopic (exact) mass is 421 g/mol. The van der Waals surface area contributed by atoms with Crippen LogP contribution >= 0.6 is 11.6 Å². The average Bonchev–Trinajstić information content (AvgIpc) is 2.78. The van der Waals surface area contributed by atoms with Gasteiger partial charge in [-0.3, -0.25) is 14.6 Å². The third-order valence-electron chi connectivity index (χ3n) is 4.82. The number of nitrogens with zero attached hydrogens (tertiary/aromatic N) is 2. The second kappa shape index (κ2) is 10.6. The fourth-order valence-electron chi connectivity index (χ4n) is 3.08. The minimum atomic E-state index is -0.631. The van der Waals surface area contributed by atoms with E-state index >= 15 is 0 Å². The molecule has 0 saturated heterocycles. The molecule has 5 nitrogen and oxygen atoms in total. The van der Waals surface area contributed by atoms with Crippen LogP contribution in [0.5, 0.6) is 0 Å². The Hall–Kier alpha value is -3.18. The minimum absolute atomic E-state index is 0.111. The predicted molar refractivity (Wildman–Crippen MR) is 118 cm³/mol. The number of amides is 2. The Bertz CT molecular complexity index is 963. The number of hydrogen-bond acceptors (Lipinski definition) is 3. The summed E-state index contributed by atoms with van der Waals surface area (Å²) in [6.07, 6.45) is 3.62. The lowest BCUT2D eigenvalue weighted by atomic mass is 10.1. The summed E-state index contributed by atoms with van der Waals surface area (Å²) in [5.74, 6) is -0.325. The first-order chi connectivity index (χ1) is 14.5. The van der Waals surface area contributed by atoms with Gasteiger partial charge in [-0.2, -0.15) is 0 Å². The van der Waals surface area contributed by atoms with E-state index in [0.717, 1.165) is 16.7 Å². The van der Waals surface area contributed by atoms with Gasteiger partial charge in [0.1, 0.15) is 6.04 Å². The fraction of sp³-hybridized carbons (Fsp3) is 0.208. The lowest BCUT2D eigenvalue weighted by Gasteiger charge is -2.29. The van der Waals surface area contributed by atoms with E-state index in [0.29, 0.717) is 18.1 Å². The Kier molecular flexibility index (Phi) is 7.57. The van der Waals surface area contributed by atoms with Crippen LogP contribution in [-0.4, -0.2) is 27.7 Å². The third-order valence-corrected chi connectivity index (χ3v) is 5.07. The number of halogens is 1. The lowest BCUT2D eigenvalue weighted by molar-refractivity contribution is -0.140. The zero-order valence-corrected chi connectivity index (χ0v) is 17.5. The molecule has 3 aromatic rings. The first kappa shape index (κ1) is 21.5. The molecule has 0 saturated carbocycles. The molecule has 1 N–H and O–H groups in total. The van der Waals surface area contributed by atoms with E-state index in [9.17, 15) is 9.59 Å². The maximum atomic E-state index is 13.1. The molecule has 1 aromatic heterocycles. The van der Waals surface area contributed by atoms with Crippen LogP contribution in [0.15, 0.2) is 79.1 Å². The molecule has 0 bridgehead atoms. The van der Waals surface area contributed by atoms with E-state index in [1.165, 1.54) is 0 Å². The molecule has 0 aliphatic heterocycles. The number of pyridine rings is 1. The standard InChI is InChI=1S/C24H24ClN3O2/c1-18(24(30)27-16-21-8-5-13-26-15-21)28(17-20-9-11-22(25)12-10-20)23(29)14-19-6-3-2-4-7-19/h2-13,15,18H,14,16-17H2,1H3,(H,27,30)/t18-/m1/s1. The Labute approximate surface area is 181 Å². The molecule has 1 heterocycles. The van der Waals surface area contributed by atoms with Gasteiger partial charge in [0.05, 0.1) is 6.42 Å². The number of hydrogen-bond donors (Lipinski definition) is 1. The van der Waals surface area contributed by atoms with Crippen LogP contribution in [-0.2, 0) is 29.1 Å². The molecule has 3 rings (SSSR count). The van der Waals surface area contributed by atoms with Crippen LogP contribution in [0.25, 0.3) is 0 Å². The summed E-state index contributed by atoms with van der Waals surface area (Å²) in [5.41, 5.74) is 2.72. The van der Waals surface area contributed by atoms with Crippen molar-refractivity contribution < 1.29 is 9.59 Å². The summed E-state index contributed by atoms with van der Waals surface area (Å²) in [6.45, 7) is 2.43. The number of aromatic nitrogens is 1. The van der Waals surface area contributed by atoms with Crippen molar-refractivity contribution in [1.82, 2.24) is 15.2 Å². The molecule has 2 amide bonds. The van der Waals surface area contributed by atoms with Crippen LogP contribution in [0.1, 0.15) is 23.6 Å². The second-order valence-electron chi connectivity index (χ2n) is 7.07.